The number of carboxylic acids is 1. The van der Waals surface area contributed by atoms with Crippen molar-refractivity contribution in [2.75, 3.05) is 6.54 Å². The van der Waals surface area contributed by atoms with E-state index in [4.69, 9.17) is 10.2 Å². The Kier molecular flexibility index (Phi) is 3.32. The van der Waals surface area contributed by atoms with Crippen LogP contribution in [0.2, 0.25) is 0 Å². The van der Waals surface area contributed by atoms with Gasteiger partial charge in [0.15, 0.2) is 0 Å². The Morgan fingerprint density at radius 2 is 2.20 bits per heavy atom. The molecule has 3 N–H and O–H groups in total. The van der Waals surface area contributed by atoms with Crippen molar-refractivity contribution in [1.29, 1.82) is 0 Å². The number of aliphatic hydroxyl groups excluding tert-OH is 1. The number of hydrogen-bond donors (Lipinski definition) is 3. The molecule has 1 aliphatic rings. The molecule has 4 nitrogen and oxygen atoms in total. The third-order valence-electron chi connectivity index (χ3n) is 1.41. The lowest BCUT2D eigenvalue weighted by atomic mass is 10.2. The van der Waals surface area contributed by atoms with Crippen molar-refractivity contribution in [2.45, 2.75) is 26.0 Å². The molecule has 0 aromatic carbocycles. The molecule has 1 heterocycles. The molecule has 10 heavy (non-hydrogen) atoms. The van der Waals surface area contributed by atoms with Crippen LogP contribution < -0.4 is 5.32 Å². The van der Waals surface area contributed by atoms with Gasteiger partial charge in [-0.15, -0.1) is 0 Å². The van der Waals surface area contributed by atoms with Gasteiger partial charge in [-0.1, -0.05) is 7.43 Å². The number of β-amino-alcohol motifs (C(OH)–C–C–N with tert-alkyl or cyclic N) is 1. The number of nitrogens with one attached hydrogen (secondary N) is 1. The van der Waals surface area contributed by atoms with E-state index in [9.17, 15) is 4.79 Å². The Labute approximate surface area is 59.9 Å². The summed E-state index contributed by atoms with van der Waals surface area (Å²) in [5.41, 5.74) is 0. The second-order valence-corrected chi connectivity index (χ2v) is 2.19. The maximum Gasteiger partial charge on any atom is 0.320 e. The van der Waals surface area contributed by atoms with E-state index in [0.717, 1.165) is 0 Å². The molecule has 4 heteroatoms. The average Bonchev–Trinajstić information content (AvgIpc) is 2.14. The molecule has 1 aliphatic heterocycles. The third-order valence-corrected chi connectivity index (χ3v) is 1.41. The standard InChI is InChI=1S/C5H9NO3.CH4/c7-3-1-4(5(8)9)6-2-3;/h3-4,6-7H,1-2H2,(H,8,9);1H4/t3-,4+;/m1./s1. The monoisotopic (exact) mass is 147 g/mol. The molecular formula is C6H13NO3. The van der Waals surface area contributed by atoms with Gasteiger partial charge in [-0.05, 0) is 0 Å². The molecule has 0 saturated carbocycles. The number of aliphatic hydroxyl groups is 1. The van der Waals surface area contributed by atoms with E-state index in [0.29, 0.717) is 13.0 Å². The molecule has 1 fully saturated rings. The molecule has 0 aliphatic carbocycles. The fourth-order valence-electron chi connectivity index (χ4n) is 0.905. The van der Waals surface area contributed by atoms with Gasteiger partial charge in [-0.25, -0.2) is 0 Å². The van der Waals surface area contributed by atoms with E-state index in [-0.39, 0.29) is 7.43 Å². The van der Waals surface area contributed by atoms with Crippen LogP contribution in [0.5, 0.6) is 0 Å². The Morgan fingerprint density at radius 1 is 1.60 bits per heavy atom. The summed E-state index contributed by atoms with van der Waals surface area (Å²) in [6, 6.07) is -0.542. The second-order valence-electron chi connectivity index (χ2n) is 2.19. The summed E-state index contributed by atoms with van der Waals surface area (Å²) in [7, 11) is 0. The van der Waals surface area contributed by atoms with Gasteiger partial charge in [-0.2, -0.15) is 0 Å². The van der Waals surface area contributed by atoms with Crippen molar-refractivity contribution >= 4 is 5.97 Å². The largest absolute Gasteiger partial charge is 0.480 e. The van der Waals surface area contributed by atoms with E-state index >= 15 is 0 Å². The molecule has 1 rings (SSSR count). The molecule has 0 radical (unpaired) electrons. The van der Waals surface area contributed by atoms with Crippen LogP contribution in [0.4, 0.5) is 0 Å². The van der Waals surface area contributed by atoms with E-state index in [1.165, 1.54) is 0 Å². The van der Waals surface area contributed by atoms with Gasteiger partial charge < -0.3 is 15.5 Å². The number of carboxylic acid groups (broad SMARTS) is 1. The third kappa shape index (κ3) is 1.97. The molecule has 1 saturated heterocycles. The van der Waals surface area contributed by atoms with E-state index < -0.39 is 18.1 Å². The van der Waals surface area contributed by atoms with Crippen LogP contribution in [-0.2, 0) is 4.79 Å². The van der Waals surface area contributed by atoms with Gasteiger partial charge in [-0.3, -0.25) is 4.79 Å². The van der Waals surface area contributed by atoms with Crippen molar-refractivity contribution < 1.29 is 15.0 Å². The zero-order chi connectivity index (χ0) is 6.85. The first-order chi connectivity index (χ1) is 4.20. The van der Waals surface area contributed by atoms with Gasteiger partial charge in [0.2, 0.25) is 0 Å². The molecule has 0 unspecified atom stereocenters. The van der Waals surface area contributed by atoms with Crippen molar-refractivity contribution in [1.82, 2.24) is 5.32 Å². The van der Waals surface area contributed by atoms with Crippen LogP contribution in [0.25, 0.3) is 0 Å². The van der Waals surface area contributed by atoms with Crippen molar-refractivity contribution in [3.8, 4) is 0 Å². The smallest absolute Gasteiger partial charge is 0.320 e. The molecule has 0 aromatic heterocycles. The topological polar surface area (TPSA) is 69.6 Å². The number of carbonyl (C=O) groups is 1. The normalized spacial score (nSPS) is 31.3. The van der Waals surface area contributed by atoms with Gasteiger partial charge in [0.25, 0.3) is 0 Å². The van der Waals surface area contributed by atoms with Crippen LogP contribution in [0.3, 0.4) is 0 Å². The van der Waals surface area contributed by atoms with Crippen LogP contribution >= 0.6 is 0 Å². The molecule has 60 valence electrons. The van der Waals surface area contributed by atoms with Crippen molar-refractivity contribution in [3.63, 3.8) is 0 Å². The lowest BCUT2D eigenvalue weighted by Gasteiger charge is -1.99. The Balaban J connectivity index is 0.000000810. The maximum absolute atomic E-state index is 10.2. The van der Waals surface area contributed by atoms with E-state index in [1.54, 1.807) is 0 Å². The quantitative estimate of drug-likeness (QED) is 0.464. The molecule has 0 spiro atoms. The SMILES string of the molecule is C.O=C(O)[C@@H]1C[C@@H](O)CN1. The predicted molar refractivity (Wildman–Crippen MR) is 36.8 cm³/mol. The van der Waals surface area contributed by atoms with Crippen LogP contribution in [0.15, 0.2) is 0 Å². The van der Waals surface area contributed by atoms with Crippen molar-refractivity contribution in [3.05, 3.63) is 0 Å². The molecule has 2 atom stereocenters. The molecule has 0 amide bonds. The summed E-state index contributed by atoms with van der Waals surface area (Å²) < 4.78 is 0. The van der Waals surface area contributed by atoms with Crippen molar-refractivity contribution in [2.24, 2.45) is 0 Å². The predicted octanol–water partition coefficient (Wildman–Crippen LogP) is -0.570. The Morgan fingerprint density at radius 3 is 2.40 bits per heavy atom. The summed E-state index contributed by atoms with van der Waals surface area (Å²) in [4.78, 5) is 10.2. The molecule has 0 bridgehead atoms. The summed E-state index contributed by atoms with van der Waals surface area (Å²) >= 11 is 0. The second kappa shape index (κ2) is 3.53. The number of aliphatic carboxylic acids is 1. The van der Waals surface area contributed by atoms with E-state index in [2.05, 4.69) is 5.32 Å². The highest BCUT2D eigenvalue weighted by atomic mass is 16.4. The Hall–Kier alpha value is -0.610. The van der Waals surface area contributed by atoms with Crippen LogP contribution in [0, 0.1) is 0 Å². The fraction of sp³-hybridized carbons (Fsp3) is 0.833. The average molecular weight is 147 g/mol. The Bertz CT molecular complexity index is 126. The van der Waals surface area contributed by atoms with Gasteiger partial charge >= 0.3 is 5.97 Å². The van der Waals surface area contributed by atoms with E-state index in [1.807, 2.05) is 0 Å². The highest BCUT2D eigenvalue weighted by molar-refractivity contribution is 5.73. The zero-order valence-corrected chi connectivity index (χ0v) is 4.87. The first-order valence-electron chi connectivity index (χ1n) is 2.84. The van der Waals surface area contributed by atoms with Crippen LogP contribution in [-0.4, -0.2) is 34.9 Å². The minimum absolute atomic E-state index is 0. The number of rotatable bonds is 1. The maximum atomic E-state index is 10.2. The highest BCUT2D eigenvalue weighted by Crippen LogP contribution is 2.05. The number of hydrogen-bond acceptors (Lipinski definition) is 3. The zero-order valence-electron chi connectivity index (χ0n) is 4.87. The van der Waals surface area contributed by atoms with Gasteiger partial charge in [0.1, 0.15) is 6.04 Å². The first-order valence-corrected chi connectivity index (χ1v) is 2.84. The molecular weight excluding hydrogens is 134 g/mol. The summed E-state index contributed by atoms with van der Waals surface area (Å²) in [5.74, 6) is -0.883. The summed E-state index contributed by atoms with van der Waals surface area (Å²) in [5, 5.41) is 19.8. The van der Waals surface area contributed by atoms with Gasteiger partial charge in [0.05, 0.1) is 6.10 Å². The minimum atomic E-state index is -0.883. The minimum Gasteiger partial charge on any atom is -0.480 e. The first kappa shape index (κ1) is 9.39. The summed E-state index contributed by atoms with van der Waals surface area (Å²) in [6.45, 7) is 0.400. The lowest BCUT2D eigenvalue weighted by Crippen LogP contribution is -2.29. The van der Waals surface area contributed by atoms with Gasteiger partial charge in [0, 0.05) is 13.0 Å². The lowest BCUT2D eigenvalue weighted by molar-refractivity contribution is -0.139. The highest BCUT2D eigenvalue weighted by Gasteiger charge is 2.27. The fourth-order valence-corrected chi connectivity index (χ4v) is 0.905. The summed E-state index contributed by atoms with van der Waals surface area (Å²) in [6.07, 6.45) is -0.152. The van der Waals surface area contributed by atoms with Crippen LogP contribution in [0.1, 0.15) is 13.8 Å². The molecule has 0 aromatic rings.